The van der Waals surface area contributed by atoms with Crippen LogP contribution in [0.5, 0.6) is 23.0 Å². The highest BCUT2D eigenvalue weighted by Gasteiger charge is 2.16. The molecular weight excluding hydrogens is 282 g/mol. The lowest BCUT2D eigenvalue weighted by molar-refractivity contribution is 0.173. The Morgan fingerprint density at radius 3 is 2.23 bits per heavy atom. The van der Waals surface area contributed by atoms with E-state index in [1.807, 2.05) is 36.4 Å². The molecule has 0 spiro atoms. The first kappa shape index (κ1) is 12.6. The Bertz CT molecular complexity index is 820. The molecule has 4 rings (SSSR count). The molecular formula is C17H11NO4. The largest absolute Gasteiger partial charge is 0.454 e. The van der Waals surface area contributed by atoms with Gasteiger partial charge in [-0.1, -0.05) is 6.07 Å². The summed E-state index contributed by atoms with van der Waals surface area (Å²) in [5.74, 6) is 2.77. The lowest BCUT2D eigenvalue weighted by atomic mass is 10.0. The highest BCUT2D eigenvalue weighted by molar-refractivity contribution is 5.90. The molecule has 0 bridgehead atoms. The van der Waals surface area contributed by atoms with Gasteiger partial charge in [-0.3, -0.25) is 0 Å². The molecule has 2 heterocycles. The van der Waals surface area contributed by atoms with Gasteiger partial charge in [0.2, 0.25) is 13.6 Å². The maximum atomic E-state index is 9.44. The average Bonchev–Trinajstić information content (AvgIpc) is 3.19. The molecule has 0 saturated carbocycles. The maximum absolute atomic E-state index is 9.44. The molecule has 5 nitrogen and oxygen atoms in total. The first-order valence-electron chi connectivity index (χ1n) is 6.75. The monoisotopic (exact) mass is 293 g/mol. The standard InChI is InChI=1S/C17H11NO4/c18-8-13(12-2-4-15-17(7-12)22-10-20-15)5-11-1-3-14-16(6-11)21-9-19-14/h1-7H,9-10H2/b13-5-. The van der Waals surface area contributed by atoms with Crippen LogP contribution >= 0.6 is 0 Å². The Morgan fingerprint density at radius 1 is 0.864 bits per heavy atom. The molecule has 0 unspecified atom stereocenters. The second kappa shape index (κ2) is 5.01. The van der Waals surface area contributed by atoms with Crippen molar-refractivity contribution in [3.8, 4) is 29.1 Å². The molecule has 0 N–H and O–H groups in total. The average molecular weight is 293 g/mol. The lowest BCUT2D eigenvalue weighted by Gasteiger charge is -2.03. The summed E-state index contributed by atoms with van der Waals surface area (Å²) >= 11 is 0. The smallest absolute Gasteiger partial charge is 0.231 e. The summed E-state index contributed by atoms with van der Waals surface area (Å²) in [6, 6.07) is 13.3. The van der Waals surface area contributed by atoms with E-state index in [9.17, 15) is 5.26 Å². The number of fused-ring (bicyclic) bond motifs is 2. The van der Waals surface area contributed by atoms with Crippen molar-refractivity contribution in [2.75, 3.05) is 13.6 Å². The van der Waals surface area contributed by atoms with Crippen LogP contribution in [0.1, 0.15) is 11.1 Å². The number of nitriles is 1. The van der Waals surface area contributed by atoms with Gasteiger partial charge in [-0.25, -0.2) is 0 Å². The summed E-state index contributed by atoms with van der Waals surface area (Å²) in [5, 5.41) is 9.44. The third kappa shape index (κ3) is 2.11. The Hall–Kier alpha value is -3.13. The second-order valence-corrected chi connectivity index (χ2v) is 4.85. The van der Waals surface area contributed by atoms with Crippen LogP contribution in [0.3, 0.4) is 0 Å². The molecule has 0 fully saturated rings. The van der Waals surface area contributed by atoms with E-state index in [2.05, 4.69) is 6.07 Å². The van der Waals surface area contributed by atoms with Crippen LogP contribution in [-0.2, 0) is 0 Å². The second-order valence-electron chi connectivity index (χ2n) is 4.85. The Labute approximate surface area is 126 Å². The molecule has 22 heavy (non-hydrogen) atoms. The number of allylic oxidation sites excluding steroid dienone is 1. The van der Waals surface area contributed by atoms with Crippen LogP contribution in [0.2, 0.25) is 0 Å². The molecule has 5 heteroatoms. The zero-order chi connectivity index (χ0) is 14.9. The van der Waals surface area contributed by atoms with Crippen molar-refractivity contribution in [2.24, 2.45) is 0 Å². The SMILES string of the molecule is N#C/C(=C/c1ccc2c(c1)OCO2)c1ccc2c(c1)OCO2. The normalized spacial score (nSPS) is 14.8. The first-order valence-corrected chi connectivity index (χ1v) is 6.75. The van der Waals surface area contributed by atoms with E-state index in [0.29, 0.717) is 22.8 Å². The van der Waals surface area contributed by atoms with Gasteiger partial charge in [0.15, 0.2) is 23.0 Å². The van der Waals surface area contributed by atoms with Gasteiger partial charge in [0.05, 0.1) is 11.6 Å². The highest BCUT2D eigenvalue weighted by Crippen LogP contribution is 2.36. The number of hydrogen-bond acceptors (Lipinski definition) is 5. The molecule has 0 atom stereocenters. The first-order chi connectivity index (χ1) is 10.8. The van der Waals surface area contributed by atoms with Crippen molar-refractivity contribution in [1.82, 2.24) is 0 Å². The van der Waals surface area contributed by atoms with Crippen molar-refractivity contribution in [1.29, 1.82) is 5.26 Å². The van der Waals surface area contributed by atoms with Crippen molar-refractivity contribution >= 4 is 11.6 Å². The van der Waals surface area contributed by atoms with E-state index in [0.717, 1.165) is 16.9 Å². The third-order valence-electron chi connectivity index (χ3n) is 3.51. The summed E-state index contributed by atoms with van der Waals surface area (Å²) in [7, 11) is 0. The minimum Gasteiger partial charge on any atom is -0.454 e. The van der Waals surface area contributed by atoms with E-state index in [1.165, 1.54) is 0 Å². The predicted octanol–water partition coefficient (Wildman–Crippen LogP) is 3.21. The van der Waals surface area contributed by atoms with Gasteiger partial charge >= 0.3 is 0 Å². The van der Waals surface area contributed by atoms with Gasteiger partial charge in [-0.15, -0.1) is 0 Å². The zero-order valence-corrected chi connectivity index (χ0v) is 11.5. The quantitative estimate of drug-likeness (QED) is 0.628. The Kier molecular flexibility index (Phi) is 2.87. The summed E-state index contributed by atoms with van der Waals surface area (Å²) in [4.78, 5) is 0. The summed E-state index contributed by atoms with van der Waals surface area (Å²) in [6.45, 7) is 0.447. The molecule has 2 aliphatic heterocycles. The molecule has 0 saturated heterocycles. The highest BCUT2D eigenvalue weighted by atomic mass is 16.7. The van der Waals surface area contributed by atoms with Gasteiger partial charge in [0, 0.05) is 0 Å². The van der Waals surface area contributed by atoms with Crippen molar-refractivity contribution in [3.63, 3.8) is 0 Å². The zero-order valence-electron chi connectivity index (χ0n) is 11.5. The third-order valence-corrected chi connectivity index (χ3v) is 3.51. The number of benzene rings is 2. The van der Waals surface area contributed by atoms with Gasteiger partial charge in [-0.05, 0) is 47.5 Å². The Morgan fingerprint density at radius 2 is 1.50 bits per heavy atom. The van der Waals surface area contributed by atoms with Gasteiger partial charge in [0.1, 0.15) is 0 Å². The van der Waals surface area contributed by atoms with Crippen LogP contribution in [0.25, 0.3) is 11.6 Å². The molecule has 2 aromatic rings. The molecule has 0 aliphatic carbocycles. The van der Waals surface area contributed by atoms with Gasteiger partial charge < -0.3 is 18.9 Å². The van der Waals surface area contributed by atoms with E-state index < -0.39 is 0 Å². The maximum Gasteiger partial charge on any atom is 0.231 e. The molecule has 108 valence electrons. The fourth-order valence-corrected chi connectivity index (χ4v) is 2.41. The van der Waals surface area contributed by atoms with Crippen LogP contribution < -0.4 is 18.9 Å². The van der Waals surface area contributed by atoms with Crippen LogP contribution in [0.4, 0.5) is 0 Å². The van der Waals surface area contributed by atoms with Crippen molar-refractivity contribution in [2.45, 2.75) is 0 Å². The van der Waals surface area contributed by atoms with Gasteiger partial charge in [-0.2, -0.15) is 5.26 Å². The van der Waals surface area contributed by atoms with Crippen LogP contribution in [-0.4, -0.2) is 13.6 Å². The summed E-state index contributed by atoms with van der Waals surface area (Å²) < 4.78 is 21.3. The van der Waals surface area contributed by atoms with Gasteiger partial charge in [0.25, 0.3) is 0 Å². The molecule has 0 amide bonds. The topological polar surface area (TPSA) is 60.7 Å². The fraction of sp³-hybridized carbons (Fsp3) is 0.118. The number of nitrogens with zero attached hydrogens (tertiary/aromatic N) is 1. The summed E-state index contributed by atoms with van der Waals surface area (Å²) in [5.41, 5.74) is 2.19. The summed E-state index contributed by atoms with van der Waals surface area (Å²) in [6.07, 6.45) is 1.81. The molecule has 0 radical (unpaired) electrons. The van der Waals surface area contributed by atoms with Crippen molar-refractivity contribution in [3.05, 3.63) is 47.5 Å². The Balaban J connectivity index is 1.71. The van der Waals surface area contributed by atoms with Crippen molar-refractivity contribution < 1.29 is 18.9 Å². The van der Waals surface area contributed by atoms with E-state index in [-0.39, 0.29) is 13.6 Å². The van der Waals surface area contributed by atoms with Crippen LogP contribution in [0, 0.1) is 11.3 Å². The predicted molar refractivity (Wildman–Crippen MR) is 78.6 cm³/mol. The van der Waals surface area contributed by atoms with Crippen LogP contribution in [0.15, 0.2) is 36.4 Å². The van der Waals surface area contributed by atoms with E-state index in [4.69, 9.17) is 18.9 Å². The number of rotatable bonds is 2. The van der Waals surface area contributed by atoms with E-state index in [1.54, 1.807) is 6.08 Å². The molecule has 0 aromatic heterocycles. The number of hydrogen-bond donors (Lipinski definition) is 0. The minimum absolute atomic E-state index is 0.215. The fourth-order valence-electron chi connectivity index (χ4n) is 2.41. The lowest BCUT2D eigenvalue weighted by Crippen LogP contribution is -1.92. The van der Waals surface area contributed by atoms with E-state index >= 15 is 0 Å². The minimum atomic E-state index is 0.215. The molecule has 2 aliphatic rings. The number of ether oxygens (including phenoxy) is 4. The molecule has 2 aromatic carbocycles.